The summed E-state index contributed by atoms with van der Waals surface area (Å²) in [5.41, 5.74) is 1.56. The highest BCUT2D eigenvalue weighted by Crippen LogP contribution is 2.20. The van der Waals surface area contributed by atoms with Crippen LogP contribution in [0.4, 0.5) is 0 Å². The van der Waals surface area contributed by atoms with E-state index in [0.717, 1.165) is 12.2 Å². The maximum absolute atomic E-state index is 4.19. The van der Waals surface area contributed by atoms with Gasteiger partial charge in [-0.15, -0.1) is 0 Å². The molecule has 0 radical (unpaired) electrons. The summed E-state index contributed by atoms with van der Waals surface area (Å²) in [6.07, 6.45) is 6.52. The zero-order valence-electron chi connectivity index (χ0n) is 9.17. The molecule has 1 aromatic heterocycles. The Hall–Kier alpha value is -0.790. The number of nitrogens with zero attached hydrogens (tertiary/aromatic N) is 2. The van der Waals surface area contributed by atoms with Crippen LogP contribution in [-0.4, -0.2) is 9.55 Å². The molecule has 2 nitrogen and oxygen atoms in total. The van der Waals surface area contributed by atoms with Crippen LogP contribution in [0.5, 0.6) is 0 Å². The third-order valence-corrected chi connectivity index (χ3v) is 2.11. The van der Waals surface area contributed by atoms with Crippen LogP contribution in [0.1, 0.15) is 39.3 Å². The van der Waals surface area contributed by atoms with Gasteiger partial charge in [0.15, 0.2) is 0 Å². The first-order valence-corrected chi connectivity index (χ1v) is 4.96. The number of hydrogen-bond donors (Lipinski definition) is 0. The van der Waals surface area contributed by atoms with Gasteiger partial charge in [-0.2, -0.15) is 0 Å². The van der Waals surface area contributed by atoms with Crippen LogP contribution >= 0.6 is 0 Å². The molecule has 0 fully saturated rings. The van der Waals surface area contributed by atoms with E-state index in [9.17, 15) is 0 Å². The van der Waals surface area contributed by atoms with Crippen molar-refractivity contribution in [2.24, 2.45) is 5.41 Å². The predicted molar refractivity (Wildman–Crippen MR) is 55.7 cm³/mol. The molecule has 1 heterocycles. The van der Waals surface area contributed by atoms with E-state index >= 15 is 0 Å². The lowest BCUT2D eigenvalue weighted by molar-refractivity contribution is 0.353. The number of rotatable bonds is 3. The molecule has 0 bridgehead atoms. The Morgan fingerprint density at radius 3 is 2.54 bits per heavy atom. The smallest absolute Gasteiger partial charge is 0.0949 e. The normalized spacial score (nSPS) is 12.0. The second-order valence-corrected chi connectivity index (χ2v) is 4.92. The molecule has 0 aromatic carbocycles. The quantitative estimate of drug-likeness (QED) is 0.699. The summed E-state index contributed by atoms with van der Waals surface area (Å²) in [5, 5.41) is 0. The van der Waals surface area contributed by atoms with Crippen molar-refractivity contribution in [1.29, 1.82) is 0 Å². The van der Waals surface area contributed by atoms with Crippen molar-refractivity contribution >= 4 is 0 Å². The van der Waals surface area contributed by atoms with Crippen molar-refractivity contribution < 1.29 is 0 Å². The third kappa shape index (κ3) is 4.11. The first-order valence-electron chi connectivity index (χ1n) is 4.96. The van der Waals surface area contributed by atoms with Gasteiger partial charge in [0.05, 0.1) is 12.0 Å². The Morgan fingerprint density at radius 1 is 1.38 bits per heavy atom. The molecule has 0 unspecified atom stereocenters. The van der Waals surface area contributed by atoms with Gasteiger partial charge in [0.25, 0.3) is 0 Å². The minimum Gasteiger partial charge on any atom is -0.337 e. The van der Waals surface area contributed by atoms with Crippen LogP contribution in [0.3, 0.4) is 0 Å². The lowest BCUT2D eigenvalue weighted by Gasteiger charge is -2.17. The van der Waals surface area contributed by atoms with Crippen molar-refractivity contribution in [2.75, 3.05) is 0 Å². The lowest BCUT2D eigenvalue weighted by Crippen LogP contribution is -2.06. The fourth-order valence-corrected chi connectivity index (χ4v) is 1.39. The molecule has 0 saturated heterocycles. The van der Waals surface area contributed by atoms with E-state index in [2.05, 4.69) is 36.5 Å². The fraction of sp³-hybridized carbons (Fsp3) is 0.727. The van der Waals surface area contributed by atoms with E-state index in [1.807, 2.05) is 13.3 Å². The Morgan fingerprint density at radius 2 is 2.08 bits per heavy atom. The summed E-state index contributed by atoms with van der Waals surface area (Å²) in [6, 6.07) is 0. The maximum atomic E-state index is 4.19. The molecule has 13 heavy (non-hydrogen) atoms. The Balaban J connectivity index is 2.28. The molecule has 0 aliphatic heterocycles. The monoisotopic (exact) mass is 180 g/mol. The Kier molecular flexibility index (Phi) is 3.12. The molecule has 0 saturated carbocycles. The van der Waals surface area contributed by atoms with Crippen LogP contribution in [0, 0.1) is 12.3 Å². The van der Waals surface area contributed by atoms with Gasteiger partial charge in [-0.05, 0) is 25.2 Å². The van der Waals surface area contributed by atoms with E-state index in [1.54, 1.807) is 0 Å². The SMILES string of the molecule is Cc1cn(CCCC(C)(C)C)cn1. The van der Waals surface area contributed by atoms with Crippen LogP contribution in [-0.2, 0) is 6.54 Å². The van der Waals surface area contributed by atoms with Crippen LogP contribution < -0.4 is 0 Å². The molecular formula is C11H20N2. The first-order chi connectivity index (χ1) is 5.97. The molecule has 0 N–H and O–H groups in total. The summed E-state index contributed by atoms with van der Waals surface area (Å²) in [6.45, 7) is 9.98. The Labute approximate surface area is 81.0 Å². The van der Waals surface area contributed by atoms with Gasteiger partial charge in [0.1, 0.15) is 0 Å². The van der Waals surface area contributed by atoms with Crippen LogP contribution in [0.15, 0.2) is 12.5 Å². The molecule has 1 rings (SSSR count). The fourth-order valence-electron chi connectivity index (χ4n) is 1.39. The van der Waals surface area contributed by atoms with Gasteiger partial charge < -0.3 is 4.57 Å². The molecule has 0 atom stereocenters. The topological polar surface area (TPSA) is 17.8 Å². The summed E-state index contributed by atoms with van der Waals surface area (Å²) < 4.78 is 2.17. The number of aromatic nitrogens is 2. The van der Waals surface area contributed by atoms with Crippen molar-refractivity contribution in [3.63, 3.8) is 0 Å². The molecular weight excluding hydrogens is 160 g/mol. The van der Waals surface area contributed by atoms with E-state index in [4.69, 9.17) is 0 Å². The molecule has 0 aliphatic rings. The number of hydrogen-bond acceptors (Lipinski definition) is 1. The lowest BCUT2D eigenvalue weighted by atomic mass is 9.91. The van der Waals surface area contributed by atoms with Crippen molar-refractivity contribution in [3.05, 3.63) is 18.2 Å². The standard InChI is InChI=1S/C11H20N2/c1-10-8-13(9-12-10)7-5-6-11(2,3)4/h8-9H,5-7H2,1-4H3. The van der Waals surface area contributed by atoms with Crippen LogP contribution in [0.25, 0.3) is 0 Å². The predicted octanol–water partition coefficient (Wildman–Crippen LogP) is 3.02. The zero-order valence-corrected chi connectivity index (χ0v) is 9.17. The molecule has 2 heteroatoms. The van der Waals surface area contributed by atoms with Crippen molar-refractivity contribution in [1.82, 2.24) is 9.55 Å². The third-order valence-electron chi connectivity index (χ3n) is 2.11. The highest BCUT2D eigenvalue weighted by molar-refractivity contribution is 4.91. The van der Waals surface area contributed by atoms with Crippen molar-refractivity contribution in [2.45, 2.75) is 47.1 Å². The van der Waals surface area contributed by atoms with Gasteiger partial charge in [-0.1, -0.05) is 20.8 Å². The van der Waals surface area contributed by atoms with Gasteiger partial charge in [0.2, 0.25) is 0 Å². The van der Waals surface area contributed by atoms with E-state index in [0.29, 0.717) is 5.41 Å². The van der Waals surface area contributed by atoms with E-state index in [-0.39, 0.29) is 0 Å². The second kappa shape index (κ2) is 3.95. The average Bonchev–Trinajstić information content (AvgIpc) is 2.33. The van der Waals surface area contributed by atoms with Gasteiger partial charge >= 0.3 is 0 Å². The van der Waals surface area contributed by atoms with E-state index in [1.165, 1.54) is 12.8 Å². The average molecular weight is 180 g/mol. The van der Waals surface area contributed by atoms with Gasteiger partial charge in [-0.3, -0.25) is 0 Å². The minimum absolute atomic E-state index is 0.454. The van der Waals surface area contributed by atoms with E-state index < -0.39 is 0 Å². The molecule has 0 aliphatic carbocycles. The second-order valence-electron chi connectivity index (χ2n) is 4.92. The summed E-state index contributed by atoms with van der Waals surface area (Å²) in [5.74, 6) is 0. The number of aryl methyl sites for hydroxylation is 2. The molecule has 1 aromatic rings. The highest BCUT2D eigenvalue weighted by Gasteiger charge is 2.08. The summed E-state index contributed by atoms with van der Waals surface area (Å²) in [4.78, 5) is 4.19. The van der Waals surface area contributed by atoms with Crippen molar-refractivity contribution in [3.8, 4) is 0 Å². The molecule has 74 valence electrons. The number of imidazole rings is 1. The highest BCUT2D eigenvalue weighted by atomic mass is 15.0. The summed E-state index contributed by atoms with van der Waals surface area (Å²) in [7, 11) is 0. The molecule has 0 amide bonds. The largest absolute Gasteiger partial charge is 0.337 e. The first kappa shape index (κ1) is 10.3. The minimum atomic E-state index is 0.454. The van der Waals surface area contributed by atoms with Gasteiger partial charge in [-0.25, -0.2) is 4.98 Å². The molecule has 0 spiro atoms. The Bertz CT molecular complexity index is 255. The van der Waals surface area contributed by atoms with Crippen LogP contribution in [0.2, 0.25) is 0 Å². The summed E-state index contributed by atoms with van der Waals surface area (Å²) >= 11 is 0. The zero-order chi connectivity index (χ0) is 9.90. The van der Waals surface area contributed by atoms with Gasteiger partial charge in [0, 0.05) is 12.7 Å². The maximum Gasteiger partial charge on any atom is 0.0949 e.